The van der Waals surface area contributed by atoms with Crippen molar-refractivity contribution in [2.24, 2.45) is 7.05 Å². The minimum atomic E-state index is 1.28. The minimum absolute atomic E-state index is 1.28. The summed E-state index contributed by atoms with van der Waals surface area (Å²) >= 11 is 3.69. The van der Waals surface area contributed by atoms with Gasteiger partial charge in [-0.1, -0.05) is 0 Å². The Hall–Kier alpha value is -1.71. The maximum absolute atomic E-state index is 2.25. The lowest BCUT2D eigenvalue weighted by molar-refractivity contribution is -0.660. The van der Waals surface area contributed by atoms with Crippen molar-refractivity contribution in [3.63, 3.8) is 0 Å². The number of hydrogen-bond donors (Lipinski definition) is 0. The summed E-state index contributed by atoms with van der Waals surface area (Å²) in [6, 6.07) is 10.9. The van der Waals surface area contributed by atoms with E-state index in [0.717, 1.165) is 0 Å². The molecular weight excluding hydrogens is 282 g/mol. The van der Waals surface area contributed by atoms with Crippen LogP contribution in [-0.2, 0) is 7.05 Å². The second-order valence-electron chi connectivity index (χ2n) is 5.02. The molecule has 0 aliphatic heterocycles. The second kappa shape index (κ2) is 4.40. The third-order valence-electron chi connectivity index (χ3n) is 3.89. The maximum atomic E-state index is 2.25. The van der Waals surface area contributed by atoms with Crippen molar-refractivity contribution in [3.05, 3.63) is 52.9 Å². The van der Waals surface area contributed by atoms with Crippen molar-refractivity contribution in [2.45, 2.75) is 6.92 Å². The summed E-state index contributed by atoms with van der Waals surface area (Å²) in [6.07, 6.45) is 2.12. The molecule has 20 heavy (non-hydrogen) atoms. The van der Waals surface area contributed by atoms with Gasteiger partial charge in [-0.3, -0.25) is 0 Å². The van der Waals surface area contributed by atoms with Crippen LogP contribution in [0.1, 0.15) is 5.56 Å². The summed E-state index contributed by atoms with van der Waals surface area (Å²) in [4.78, 5) is 0. The fraction of sp³-hybridized carbons (Fsp3) is 0.118. The van der Waals surface area contributed by atoms with Gasteiger partial charge in [0.05, 0.1) is 5.56 Å². The largest absolute Gasteiger partial charge is 0.213 e. The lowest BCUT2D eigenvalue weighted by atomic mass is 9.99. The Labute approximate surface area is 125 Å². The van der Waals surface area contributed by atoms with E-state index in [1.165, 1.54) is 37.0 Å². The van der Waals surface area contributed by atoms with Crippen LogP contribution in [0.25, 0.3) is 31.4 Å². The first-order chi connectivity index (χ1) is 9.77. The number of fused-ring (bicyclic) bond motifs is 3. The molecule has 0 saturated carbocycles. The molecule has 1 nitrogen and oxygen atoms in total. The highest BCUT2D eigenvalue weighted by Gasteiger charge is 2.19. The van der Waals surface area contributed by atoms with E-state index in [1.807, 2.05) is 22.7 Å². The molecule has 0 amide bonds. The van der Waals surface area contributed by atoms with Crippen molar-refractivity contribution in [1.82, 2.24) is 0 Å². The van der Waals surface area contributed by atoms with Crippen molar-refractivity contribution in [1.29, 1.82) is 0 Å². The molecule has 3 heteroatoms. The average Bonchev–Trinajstić information content (AvgIpc) is 3.08. The highest BCUT2D eigenvalue weighted by Crippen LogP contribution is 2.42. The number of aromatic nitrogens is 1. The zero-order chi connectivity index (χ0) is 13.7. The molecule has 3 heterocycles. The van der Waals surface area contributed by atoms with Crippen LogP contribution >= 0.6 is 22.7 Å². The number of thiophene rings is 2. The quantitative estimate of drug-likeness (QED) is 0.439. The van der Waals surface area contributed by atoms with Gasteiger partial charge in [0.1, 0.15) is 7.05 Å². The molecule has 0 bridgehead atoms. The molecule has 0 unspecified atom stereocenters. The Bertz CT molecular complexity index is 931. The molecule has 0 aliphatic carbocycles. The summed E-state index contributed by atoms with van der Waals surface area (Å²) in [5.41, 5.74) is 4.05. The van der Waals surface area contributed by atoms with E-state index >= 15 is 0 Å². The third kappa shape index (κ3) is 1.57. The Morgan fingerprint density at radius 1 is 0.900 bits per heavy atom. The molecule has 1 aromatic carbocycles. The van der Waals surface area contributed by atoms with Crippen molar-refractivity contribution in [3.8, 4) is 11.3 Å². The van der Waals surface area contributed by atoms with E-state index < -0.39 is 0 Å². The Balaban J connectivity index is 2.24. The monoisotopic (exact) mass is 296 g/mol. The minimum Gasteiger partial charge on any atom is -0.201 e. The number of hydrogen-bond acceptors (Lipinski definition) is 2. The highest BCUT2D eigenvalue weighted by molar-refractivity contribution is 7.21. The fourth-order valence-electron chi connectivity index (χ4n) is 2.89. The highest BCUT2D eigenvalue weighted by atomic mass is 32.1. The summed E-state index contributed by atoms with van der Waals surface area (Å²) in [7, 11) is 2.12. The van der Waals surface area contributed by atoms with Gasteiger partial charge in [-0.05, 0) is 46.8 Å². The normalized spacial score (nSPS) is 11.5. The van der Waals surface area contributed by atoms with Crippen LogP contribution in [0.3, 0.4) is 0 Å². The maximum Gasteiger partial charge on any atom is 0.213 e. The fourth-order valence-corrected chi connectivity index (χ4v) is 4.95. The van der Waals surface area contributed by atoms with Gasteiger partial charge >= 0.3 is 0 Å². The van der Waals surface area contributed by atoms with Crippen LogP contribution < -0.4 is 4.57 Å². The molecular formula is C17H14NS2+. The molecule has 98 valence electrons. The van der Waals surface area contributed by atoms with Crippen LogP contribution in [0.4, 0.5) is 0 Å². The first-order valence-corrected chi connectivity index (χ1v) is 8.35. The van der Waals surface area contributed by atoms with Gasteiger partial charge in [-0.15, -0.1) is 22.7 Å². The van der Waals surface area contributed by atoms with E-state index in [1.54, 1.807) is 0 Å². The van der Waals surface area contributed by atoms with E-state index in [-0.39, 0.29) is 0 Å². The molecule has 0 spiro atoms. The Morgan fingerprint density at radius 2 is 1.65 bits per heavy atom. The van der Waals surface area contributed by atoms with E-state index in [2.05, 4.69) is 65.8 Å². The third-order valence-corrected chi connectivity index (χ3v) is 5.77. The first kappa shape index (κ1) is 12.1. The van der Waals surface area contributed by atoms with Crippen LogP contribution in [0.2, 0.25) is 0 Å². The van der Waals surface area contributed by atoms with Gasteiger partial charge in [-0.2, -0.15) is 0 Å². The SMILES string of the molecule is Cc1c(-c2cccc[n+]2C)c2sccc2c2sccc12. The number of rotatable bonds is 1. The van der Waals surface area contributed by atoms with Crippen molar-refractivity contribution in [2.75, 3.05) is 0 Å². The number of benzene rings is 1. The predicted molar refractivity (Wildman–Crippen MR) is 88.6 cm³/mol. The van der Waals surface area contributed by atoms with E-state index in [0.29, 0.717) is 0 Å². The van der Waals surface area contributed by atoms with Crippen LogP contribution in [0.5, 0.6) is 0 Å². The molecule has 0 atom stereocenters. The molecule has 4 aromatic rings. The van der Waals surface area contributed by atoms with Crippen LogP contribution in [-0.4, -0.2) is 0 Å². The molecule has 0 saturated heterocycles. The molecule has 3 aromatic heterocycles. The predicted octanol–water partition coefficient (Wildman–Crippen LogP) is 4.92. The van der Waals surface area contributed by atoms with Crippen LogP contribution in [0.15, 0.2) is 47.3 Å². The number of aryl methyl sites for hydroxylation is 2. The average molecular weight is 296 g/mol. The first-order valence-electron chi connectivity index (χ1n) is 6.59. The topological polar surface area (TPSA) is 3.88 Å². The lowest BCUT2D eigenvalue weighted by Crippen LogP contribution is -2.30. The van der Waals surface area contributed by atoms with Crippen molar-refractivity contribution >= 4 is 42.8 Å². The Morgan fingerprint density at radius 3 is 2.45 bits per heavy atom. The molecule has 0 aliphatic rings. The molecule has 0 radical (unpaired) electrons. The van der Waals surface area contributed by atoms with Gasteiger partial charge in [0.25, 0.3) is 0 Å². The summed E-state index contributed by atoms with van der Waals surface area (Å²) in [5.74, 6) is 0. The van der Waals surface area contributed by atoms with Gasteiger partial charge in [-0.25, -0.2) is 4.57 Å². The van der Waals surface area contributed by atoms with Crippen molar-refractivity contribution < 1.29 is 4.57 Å². The zero-order valence-corrected chi connectivity index (χ0v) is 13.0. The number of pyridine rings is 1. The summed E-state index contributed by atoms with van der Waals surface area (Å²) in [5, 5.41) is 7.18. The van der Waals surface area contributed by atoms with E-state index in [9.17, 15) is 0 Å². The summed E-state index contributed by atoms with van der Waals surface area (Å²) in [6.45, 7) is 2.25. The second-order valence-corrected chi connectivity index (χ2v) is 6.86. The number of nitrogens with zero attached hydrogens (tertiary/aromatic N) is 1. The Kier molecular flexibility index (Phi) is 2.65. The summed E-state index contributed by atoms with van der Waals surface area (Å²) < 4.78 is 5.03. The van der Waals surface area contributed by atoms with E-state index in [4.69, 9.17) is 0 Å². The van der Waals surface area contributed by atoms with Crippen LogP contribution in [0, 0.1) is 6.92 Å². The zero-order valence-electron chi connectivity index (χ0n) is 11.4. The van der Waals surface area contributed by atoms with Gasteiger partial charge in [0, 0.05) is 26.9 Å². The molecule has 0 N–H and O–H groups in total. The lowest BCUT2D eigenvalue weighted by Gasteiger charge is -2.08. The van der Waals surface area contributed by atoms with Gasteiger partial charge in [0.2, 0.25) is 5.69 Å². The van der Waals surface area contributed by atoms with Gasteiger partial charge in [0.15, 0.2) is 6.20 Å². The standard InChI is InChI=1S/C17H14NS2/c1-11-12-6-9-19-16(12)13-7-10-20-17(13)15(11)14-5-3-4-8-18(14)2/h3-10H,1-2H3/q+1. The molecule has 4 rings (SSSR count). The smallest absolute Gasteiger partial charge is 0.201 e. The van der Waals surface area contributed by atoms with Gasteiger partial charge < -0.3 is 0 Å². The molecule has 0 fully saturated rings.